The Morgan fingerprint density at radius 2 is 2.08 bits per heavy atom. The van der Waals surface area contributed by atoms with Gasteiger partial charge in [-0.25, -0.2) is 9.78 Å². The van der Waals surface area contributed by atoms with E-state index in [1.807, 2.05) is 0 Å². The third-order valence-corrected chi connectivity index (χ3v) is 2.55. The van der Waals surface area contributed by atoms with Crippen LogP contribution in [-0.4, -0.2) is 23.8 Å². The lowest BCUT2D eigenvalue weighted by Crippen LogP contribution is -2.04. The quantitative estimate of drug-likeness (QED) is 0.534. The molecule has 1 aromatic rings. The molecule has 0 amide bonds. The Kier molecular flexibility index (Phi) is 2.77. The minimum Gasteiger partial charge on any atom is -0.464 e. The van der Waals surface area contributed by atoms with E-state index in [2.05, 4.69) is 9.72 Å². The molecule has 1 rings (SSSR count). The van der Waals surface area contributed by atoms with Crippen LogP contribution < -0.4 is 0 Å². The van der Waals surface area contributed by atoms with E-state index in [4.69, 9.17) is 0 Å². The summed E-state index contributed by atoms with van der Waals surface area (Å²) in [5, 5.41) is 0.345. The normalized spacial score (nSPS) is 9.77. The summed E-state index contributed by atoms with van der Waals surface area (Å²) in [5.74, 6) is -0.635. The van der Waals surface area contributed by atoms with Gasteiger partial charge < -0.3 is 4.74 Å². The SMILES string of the molecule is COC(=O)c1nc(C(C)=O)sc1C. The van der Waals surface area contributed by atoms with Crippen molar-refractivity contribution in [1.29, 1.82) is 0 Å². The highest BCUT2D eigenvalue weighted by Crippen LogP contribution is 2.18. The summed E-state index contributed by atoms with van der Waals surface area (Å²) in [4.78, 5) is 26.6. The highest BCUT2D eigenvalue weighted by Gasteiger charge is 2.17. The molecule has 0 spiro atoms. The fraction of sp³-hybridized carbons (Fsp3) is 0.375. The van der Waals surface area contributed by atoms with Crippen molar-refractivity contribution < 1.29 is 14.3 Å². The number of Topliss-reactive ketones (excluding diaryl/α,β-unsaturated/α-hetero) is 1. The lowest BCUT2D eigenvalue weighted by molar-refractivity contribution is 0.0594. The van der Waals surface area contributed by atoms with Crippen molar-refractivity contribution in [2.75, 3.05) is 7.11 Å². The first kappa shape index (κ1) is 9.85. The number of aryl methyl sites for hydroxylation is 1. The zero-order valence-electron chi connectivity index (χ0n) is 7.58. The van der Waals surface area contributed by atoms with Gasteiger partial charge in [0, 0.05) is 11.8 Å². The highest BCUT2D eigenvalue weighted by molar-refractivity contribution is 7.13. The Labute approximate surface area is 79.6 Å². The van der Waals surface area contributed by atoms with Gasteiger partial charge in [0.1, 0.15) is 0 Å². The third-order valence-electron chi connectivity index (χ3n) is 1.48. The first-order chi connectivity index (χ1) is 6.06. The van der Waals surface area contributed by atoms with Crippen molar-refractivity contribution in [1.82, 2.24) is 4.98 Å². The van der Waals surface area contributed by atoms with E-state index in [0.29, 0.717) is 9.88 Å². The van der Waals surface area contributed by atoms with Crippen LogP contribution in [-0.2, 0) is 4.74 Å². The Morgan fingerprint density at radius 1 is 1.46 bits per heavy atom. The first-order valence-electron chi connectivity index (χ1n) is 3.63. The van der Waals surface area contributed by atoms with Crippen LogP contribution in [0.5, 0.6) is 0 Å². The monoisotopic (exact) mass is 199 g/mol. The number of rotatable bonds is 2. The molecular weight excluding hydrogens is 190 g/mol. The van der Waals surface area contributed by atoms with Gasteiger partial charge in [-0.05, 0) is 6.92 Å². The molecule has 0 N–H and O–H groups in total. The summed E-state index contributed by atoms with van der Waals surface area (Å²) < 4.78 is 4.50. The molecule has 1 aromatic heterocycles. The summed E-state index contributed by atoms with van der Waals surface area (Å²) in [6, 6.07) is 0. The molecule has 0 aliphatic rings. The van der Waals surface area contributed by atoms with E-state index < -0.39 is 5.97 Å². The molecule has 0 aromatic carbocycles. The summed E-state index contributed by atoms with van der Waals surface area (Å²) in [7, 11) is 1.29. The first-order valence-corrected chi connectivity index (χ1v) is 4.44. The van der Waals surface area contributed by atoms with Gasteiger partial charge in [0.25, 0.3) is 0 Å². The molecule has 4 nitrogen and oxygen atoms in total. The largest absolute Gasteiger partial charge is 0.464 e. The lowest BCUT2D eigenvalue weighted by atomic mass is 10.4. The molecule has 13 heavy (non-hydrogen) atoms. The molecule has 0 aliphatic carbocycles. The Balaban J connectivity index is 3.10. The Morgan fingerprint density at radius 3 is 2.46 bits per heavy atom. The Hall–Kier alpha value is -1.23. The van der Waals surface area contributed by atoms with E-state index in [1.165, 1.54) is 25.4 Å². The molecular formula is C8H9NO3S. The van der Waals surface area contributed by atoms with Gasteiger partial charge in [0.05, 0.1) is 7.11 Å². The van der Waals surface area contributed by atoms with Crippen LogP contribution in [0.25, 0.3) is 0 Å². The van der Waals surface area contributed by atoms with Crippen LogP contribution in [0.15, 0.2) is 0 Å². The number of ether oxygens (including phenoxy) is 1. The predicted octanol–water partition coefficient (Wildman–Crippen LogP) is 1.44. The highest BCUT2D eigenvalue weighted by atomic mass is 32.1. The number of methoxy groups -OCH3 is 1. The van der Waals surface area contributed by atoms with Crippen LogP contribution in [0.3, 0.4) is 0 Å². The van der Waals surface area contributed by atoms with Gasteiger partial charge in [-0.15, -0.1) is 11.3 Å². The van der Waals surface area contributed by atoms with E-state index in [0.717, 1.165) is 0 Å². The molecule has 0 radical (unpaired) electrons. The van der Waals surface area contributed by atoms with Crippen LogP contribution in [0, 0.1) is 6.92 Å². The van der Waals surface area contributed by atoms with Crippen molar-refractivity contribution in [3.63, 3.8) is 0 Å². The summed E-state index contributed by atoms with van der Waals surface area (Å²) in [6.45, 7) is 3.15. The van der Waals surface area contributed by atoms with Gasteiger partial charge in [-0.1, -0.05) is 0 Å². The minimum atomic E-state index is -0.499. The molecule has 5 heteroatoms. The molecule has 0 atom stereocenters. The van der Waals surface area contributed by atoms with E-state index >= 15 is 0 Å². The summed E-state index contributed by atoms with van der Waals surface area (Å²) in [6.07, 6.45) is 0. The molecule has 0 saturated heterocycles. The number of aromatic nitrogens is 1. The second-order valence-electron chi connectivity index (χ2n) is 2.47. The number of nitrogens with zero attached hydrogens (tertiary/aromatic N) is 1. The van der Waals surface area contributed by atoms with Gasteiger partial charge in [-0.2, -0.15) is 0 Å². The number of ketones is 1. The van der Waals surface area contributed by atoms with Crippen LogP contribution >= 0.6 is 11.3 Å². The smallest absolute Gasteiger partial charge is 0.357 e. The summed E-state index contributed by atoms with van der Waals surface area (Å²) in [5.41, 5.74) is 0.234. The maximum absolute atomic E-state index is 11.1. The van der Waals surface area contributed by atoms with Gasteiger partial charge in [-0.3, -0.25) is 4.79 Å². The fourth-order valence-corrected chi connectivity index (χ4v) is 1.63. The van der Waals surface area contributed by atoms with Gasteiger partial charge >= 0.3 is 5.97 Å². The second kappa shape index (κ2) is 3.66. The van der Waals surface area contributed by atoms with E-state index in [9.17, 15) is 9.59 Å². The zero-order chi connectivity index (χ0) is 10.0. The van der Waals surface area contributed by atoms with E-state index in [-0.39, 0.29) is 11.5 Å². The van der Waals surface area contributed by atoms with Gasteiger partial charge in [0.15, 0.2) is 16.5 Å². The van der Waals surface area contributed by atoms with Crippen LogP contribution in [0.4, 0.5) is 0 Å². The number of carbonyl (C=O) groups is 2. The van der Waals surface area contributed by atoms with E-state index in [1.54, 1.807) is 6.92 Å². The van der Waals surface area contributed by atoms with Crippen LogP contribution in [0.2, 0.25) is 0 Å². The number of carbonyl (C=O) groups excluding carboxylic acids is 2. The molecule has 0 bridgehead atoms. The second-order valence-corrected chi connectivity index (χ2v) is 3.67. The average molecular weight is 199 g/mol. The van der Waals surface area contributed by atoms with Crippen molar-refractivity contribution in [2.45, 2.75) is 13.8 Å². The van der Waals surface area contributed by atoms with Gasteiger partial charge in [0.2, 0.25) is 0 Å². The zero-order valence-corrected chi connectivity index (χ0v) is 8.40. The Bertz CT molecular complexity index is 356. The van der Waals surface area contributed by atoms with Crippen molar-refractivity contribution in [3.8, 4) is 0 Å². The number of hydrogen-bond donors (Lipinski definition) is 0. The topological polar surface area (TPSA) is 56.3 Å². The standard InChI is InChI=1S/C8H9NO3S/c1-4(10)7-9-6(5(2)13-7)8(11)12-3/h1-3H3. The molecule has 1 heterocycles. The molecule has 0 aliphatic heterocycles. The molecule has 0 fully saturated rings. The summed E-state index contributed by atoms with van der Waals surface area (Å²) >= 11 is 1.20. The maximum atomic E-state index is 11.1. The van der Waals surface area contributed by atoms with Crippen molar-refractivity contribution in [2.24, 2.45) is 0 Å². The third kappa shape index (κ3) is 1.92. The molecule has 0 unspecified atom stereocenters. The predicted molar refractivity (Wildman–Crippen MR) is 48.2 cm³/mol. The number of esters is 1. The molecule has 0 saturated carbocycles. The van der Waals surface area contributed by atoms with Crippen molar-refractivity contribution >= 4 is 23.1 Å². The minimum absolute atomic E-state index is 0.136. The lowest BCUT2D eigenvalue weighted by Gasteiger charge is -1.93. The number of hydrogen-bond acceptors (Lipinski definition) is 5. The van der Waals surface area contributed by atoms with Crippen LogP contribution in [0.1, 0.15) is 32.1 Å². The molecule has 70 valence electrons. The fourth-order valence-electron chi connectivity index (χ4n) is 0.833. The average Bonchev–Trinajstić information content (AvgIpc) is 2.46. The number of thiazole rings is 1. The maximum Gasteiger partial charge on any atom is 0.357 e. The van der Waals surface area contributed by atoms with Crippen molar-refractivity contribution in [3.05, 3.63) is 15.6 Å².